The van der Waals surface area contributed by atoms with Crippen molar-refractivity contribution in [3.8, 4) is 0 Å². The SMILES string of the molecule is CCC1CCN(Cc2ccc([N+](=O)[O-])cc2Cl)C(CN)C1. The summed E-state index contributed by atoms with van der Waals surface area (Å²) in [6.07, 6.45) is 3.50. The van der Waals surface area contributed by atoms with Gasteiger partial charge < -0.3 is 5.73 Å². The first-order valence-electron chi connectivity index (χ1n) is 7.42. The van der Waals surface area contributed by atoms with E-state index in [1.54, 1.807) is 6.07 Å². The second kappa shape index (κ2) is 7.20. The van der Waals surface area contributed by atoms with E-state index in [4.69, 9.17) is 17.3 Å². The van der Waals surface area contributed by atoms with E-state index < -0.39 is 4.92 Å². The van der Waals surface area contributed by atoms with Crippen LogP contribution in [0.1, 0.15) is 31.7 Å². The molecule has 1 saturated heterocycles. The van der Waals surface area contributed by atoms with Crippen molar-refractivity contribution in [1.29, 1.82) is 0 Å². The van der Waals surface area contributed by atoms with E-state index in [9.17, 15) is 10.1 Å². The third kappa shape index (κ3) is 3.93. The molecule has 5 nitrogen and oxygen atoms in total. The van der Waals surface area contributed by atoms with Gasteiger partial charge in [-0.2, -0.15) is 0 Å². The number of nitro groups is 1. The Hall–Kier alpha value is -1.17. The minimum absolute atomic E-state index is 0.0313. The maximum absolute atomic E-state index is 10.7. The Balaban J connectivity index is 2.08. The van der Waals surface area contributed by atoms with Gasteiger partial charge in [-0.3, -0.25) is 15.0 Å². The van der Waals surface area contributed by atoms with Crippen LogP contribution in [0.4, 0.5) is 5.69 Å². The summed E-state index contributed by atoms with van der Waals surface area (Å²) in [5, 5.41) is 11.2. The number of non-ortho nitro benzene ring substituents is 1. The zero-order valence-electron chi connectivity index (χ0n) is 12.3. The summed E-state index contributed by atoms with van der Waals surface area (Å²) >= 11 is 6.18. The number of nitro benzene ring substituents is 1. The third-order valence-corrected chi connectivity index (χ3v) is 4.77. The number of hydrogen-bond acceptors (Lipinski definition) is 4. The van der Waals surface area contributed by atoms with Crippen molar-refractivity contribution >= 4 is 17.3 Å². The second-order valence-electron chi connectivity index (χ2n) is 5.69. The first kappa shape index (κ1) is 16.2. The topological polar surface area (TPSA) is 72.4 Å². The smallest absolute Gasteiger partial charge is 0.270 e. The predicted octanol–water partition coefficient (Wildman–Crippen LogP) is 3.20. The van der Waals surface area contributed by atoms with Crippen molar-refractivity contribution in [2.75, 3.05) is 13.1 Å². The van der Waals surface area contributed by atoms with Crippen LogP contribution in [0.2, 0.25) is 5.02 Å². The lowest BCUT2D eigenvalue weighted by Crippen LogP contribution is -2.46. The second-order valence-corrected chi connectivity index (χ2v) is 6.10. The highest BCUT2D eigenvalue weighted by Gasteiger charge is 2.27. The molecular formula is C15H22ClN3O2. The van der Waals surface area contributed by atoms with Gasteiger partial charge in [0.2, 0.25) is 0 Å². The average Bonchev–Trinajstić information content (AvgIpc) is 2.49. The first-order chi connectivity index (χ1) is 10.0. The molecule has 1 aliphatic heterocycles. The van der Waals surface area contributed by atoms with Crippen LogP contribution in [0, 0.1) is 16.0 Å². The molecule has 0 aliphatic carbocycles. The molecule has 2 atom stereocenters. The monoisotopic (exact) mass is 311 g/mol. The van der Waals surface area contributed by atoms with Crippen LogP contribution in [0.5, 0.6) is 0 Å². The molecule has 0 spiro atoms. The lowest BCUT2D eigenvalue weighted by molar-refractivity contribution is -0.384. The Labute approximate surface area is 130 Å². The number of piperidine rings is 1. The molecule has 0 radical (unpaired) electrons. The lowest BCUT2D eigenvalue weighted by Gasteiger charge is -2.39. The van der Waals surface area contributed by atoms with Crippen LogP contribution in [0.15, 0.2) is 18.2 Å². The highest BCUT2D eigenvalue weighted by atomic mass is 35.5. The number of nitrogens with zero attached hydrogens (tertiary/aromatic N) is 2. The van der Waals surface area contributed by atoms with Crippen LogP contribution in [0.3, 0.4) is 0 Å². The molecular weight excluding hydrogens is 290 g/mol. The minimum atomic E-state index is -0.426. The summed E-state index contributed by atoms with van der Waals surface area (Å²) in [6, 6.07) is 5.06. The maximum Gasteiger partial charge on any atom is 0.270 e. The van der Waals surface area contributed by atoms with Crippen LogP contribution >= 0.6 is 11.6 Å². The van der Waals surface area contributed by atoms with Gasteiger partial charge in [-0.25, -0.2) is 0 Å². The molecule has 6 heteroatoms. The molecule has 1 aliphatic rings. The summed E-state index contributed by atoms with van der Waals surface area (Å²) < 4.78 is 0. The van der Waals surface area contributed by atoms with Gasteiger partial charge in [-0.15, -0.1) is 0 Å². The van der Waals surface area contributed by atoms with Gasteiger partial charge in [-0.1, -0.05) is 24.9 Å². The van der Waals surface area contributed by atoms with Crippen molar-refractivity contribution in [3.63, 3.8) is 0 Å². The van der Waals surface area contributed by atoms with Gasteiger partial charge in [0.1, 0.15) is 0 Å². The lowest BCUT2D eigenvalue weighted by atomic mass is 9.88. The molecule has 1 aromatic carbocycles. The third-order valence-electron chi connectivity index (χ3n) is 4.42. The number of likely N-dealkylation sites (tertiary alicyclic amines) is 1. The quantitative estimate of drug-likeness (QED) is 0.669. The molecule has 2 unspecified atom stereocenters. The summed E-state index contributed by atoms with van der Waals surface area (Å²) in [4.78, 5) is 12.7. The molecule has 2 rings (SSSR count). The first-order valence-corrected chi connectivity index (χ1v) is 7.79. The average molecular weight is 312 g/mol. The van der Waals surface area contributed by atoms with E-state index in [-0.39, 0.29) is 5.69 Å². The fourth-order valence-electron chi connectivity index (χ4n) is 3.00. The van der Waals surface area contributed by atoms with Crippen molar-refractivity contribution in [2.24, 2.45) is 11.7 Å². The zero-order chi connectivity index (χ0) is 15.4. The highest BCUT2D eigenvalue weighted by molar-refractivity contribution is 6.31. The summed E-state index contributed by atoms with van der Waals surface area (Å²) in [6.45, 7) is 4.57. The van der Waals surface area contributed by atoms with Crippen LogP contribution in [-0.2, 0) is 6.54 Å². The van der Waals surface area contributed by atoms with E-state index in [2.05, 4.69) is 11.8 Å². The fourth-order valence-corrected chi connectivity index (χ4v) is 3.24. The van der Waals surface area contributed by atoms with Crippen LogP contribution in [0.25, 0.3) is 0 Å². The molecule has 1 aromatic rings. The van der Waals surface area contributed by atoms with Gasteiger partial charge in [0.15, 0.2) is 0 Å². The van der Waals surface area contributed by atoms with Crippen molar-refractivity contribution in [1.82, 2.24) is 4.90 Å². The summed E-state index contributed by atoms with van der Waals surface area (Å²) in [5.74, 6) is 0.752. The highest BCUT2D eigenvalue weighted by Crippen LogP contribution is 2.29. The Morgan fingerprint density at radius 2 is 2.29 bits per heavy atom. The Bertz CT molecular complexity index is 510. The van der Waals surface area contributed by atoms with E-state index >= 15 is 0 Å². The normalized spacial score (nSPS) is 23.2. The minimum Gasteiger partial charge on any atom is -0.329 e. The molecule has 0 saturated carbocycles. The van der Waals surface area contributed by atoms with Gasteiger partial charge >= 0.3 is 0 Å². The molecule has 21 heavy (non-hydrogen) atoms. The van der Waals surface area contributed by atoms with Crippen molar-refractivity contribution in [2.45, 2.75) is 38.8 Å². The van der Waals surface area contributed by atoms with Gasteiger partial charge in [0.25, 0.3) is 5.69 Å². The Kier molecular flexibility index (Phi) is 5.56. The largest absolute Gasteiger partial charge is 0.329 e. The maximum atomic E-state index is 10.7. The van der Waals surface area contributed by atoms with Gasteiger partial charge in [-0.05, 0) is 36.9 Å². The number of rotatable bonds is 5. The fraction of sp³-hybridized carbons (Fsp3) is 0.600. The van der Waals surface area contributed by atoms with Crippen LogP contribution < -0.4 is 5.73 Å². The summed E-state index contributed by atoms with van der Waals surface area (Å²) in [7, 11) is 0. The predicted molar refractivity (Wildman–Crippen MR) is 84.4 cm³/mol. The Morgan fingerprint density at radius 1 is 1.52 bits per heavy atom. The van der Waals surface area contributed by atoms with Gasteiger partial charge in [0, 0.05) is 31.3 Å². The van der Waals surface area contributed by atoms with Crippen molar-refractivity contribution in [3.05, 3.63) is 38.9 Å². The molecule has 1 fully saturated rings. The zero-order valence-corrected chi connectivity index (χ0v) is 13.1. The number of benzene rings is 1. The van der Waals surface area contributed by atoms with E-state index in [1.807, 2.05) is 0 Å². The molecule has 0 aromatic heterocycles. The van der Waals surface area contributed by atoms with Gasteiger partial charge in [0.05, 0.1) is 9.95 Å². The number of halogens is 1. The number of hydrogen-bond donors (Lipinski definition) is 1. The van der Waals surface area contributed by atoms with E-state index in [0.717, 1.165) is 24.4 Å². The summed E-state index contributed by atoms with van der Waals surface area (Å²) in [5.41, 5.74) is 6.86. The van der Waals surface area contributed by atoms with Crippen LogP contribution in [-0.4, -0.2) is 29.0 Å². The molecule has 116 valence electrons. The standard InChI is InChI=1S/C15H22ClN3O2/c1-2-11-5-6-18(14(7-11)9-17)10-12-3-4-13(19(20)21)8-15(12)16/h3-4,8,11,14H,2,5-7,9-10,17H2,1H3. The Morgan fingerprint density at radius 3 is 2.86 bits per heavy atom. The number of nitrogens with two attached hydrogens (primary N) is 1. The molecule has 0 amide bonds. The van der Waals surface area contributed by atoms with E-state index in [0.29, 0.717) is 24.2 Å². The van der Waals surface area contributed by atoms with E-state index in [1.165, 1.54) is 25.0 Å². The molecule has 1 heterocycles. The molecule has 0 bridgehead atoms. The molecule has 2 N–H and O–H groups in total. The van der Waals surface area contributed by atoms with Crippen molar-refractivity contribution < 1.29 is 4.92 Å².